The Hall–Kier alpha value is -3.76. The maximum atomic E-state index is 13.1. The number of aliphatic hydroxyl groups excluding tert-OH is 1. The van der Waals surface area contributed by atoms with Gasteiger partial charge in [0.25, 0.3) is 0 Å². The number of aromatic nitrogens is 1. The molecule has 2 atom stereocenters. The van der Waals surface area contributed by atoms with Crippen LogP contribution in [0.25, 0.3) is 16.9 Å². The van der Waals surface area contributed by atoms with E-state index in [0.29, 0.717) is 54.7 Å². The number of allylic oxidation sites excluding steroid dienone is 4. The summed E-state index contributed by atoms with van der Waals surface area (Å²) < 4.78 is 5.85. The van der Waals surface area contributed by atoms with Gasteiger partial charge in [-0.15, -0.1) is 0 Å². The third-order valence-electron chi connectivity index (χ3n) is 8.69. The van der Waals surface area contributed by atoms with Crippen molar-refractivity contribution in [2.45, 2.75) is 76.8 Å². The van der Waals surface area contributed by atoms with Crippen LogP contribution in [0.15, 0.2) is 46.3 Å². The lowest BCUT2D eigenvalue weighted by Crippen LogP contribution is -2.54. The summed E-state index contributed by atoms with van der Waals surface area (Å²) in [6.45, 7) is 3.37. The molecule has 1 amide bonds. The van der Waals surface area contributed by atoms with Gasteiger partial charge in [0.15, 0.2) is 5.76 Å². The minimum atomic E-state index is -0.260. The molecule has 3 aliphatic rings. The minimum Gasteiger partial charge on any atom is -0.512 e. The van der Waals surface area contributed by atoms with E-state index in [4.69, 9.17) is 16.1 Å². The molecule has 0 spiro atoms. The first kappa shape index (κ1) is 31.7. The molecule has 5 N–H and O–H groups in total. The molecule has 3 heterocycles. The Morgan fingerprint density at radius 2 is 1.93 bits per heavy atom. The van der Waals surface area contributed by atoms with E-state index in [0.717, 1.165) is 50.0 Å². The summed E-state index contributed by atoms with van der Waals surface area (Å²) >= 11 is 6.20. The van der Waals surface area contributed by atoms with Crippen molar-refractivity contribution in [2.75, 3.05) is 20.1 Å². The third kappa shape index (κ3) is 7.13. The number of benzene rings is 1. The number of phenols is 2. The first-order valence-electron chi connectivity index (χ1n) is 15.4. The number of amides is 1. The van der Waals surface area contributed by atoms with Gasteiger partial charge in [-0.05, 0) is 50.4 Å². The molecule has 1 aromatic carbocycles. The van der Waals surface area contributed by atoms with E-state index in [2.05, 4.69) is 26.8 Å². The zero-order valence-corrected chi connectivity index (χ0v) is 26.0. The highest BCUT2D eigenvalue weighted by Gasteiger charge is 2.35. The van der Waals surface area contributed by atoms with Gasteiger partial charge in [0, 0.05) is 44.1 Å². The second-order valence-electron chi connectivity index (χ2n) is 12.0. The van der Waals surface area contributed by atoms with Gasteiger partial charge in [0.1, 0.15) is 23.0 Å². The summed E-state index contributed by atoms with van der Waals surface area (Å²) in [6.07, 6.45) is 11.7. The number of Topliss-reactive ketones (excluding diaryl/α,β-unsaturated/α-hetero) is 1. The van der Waals surface area contributed by atoms with Crippen molar-refractivity contribution in [3.8, 4) is 22.8 Å². The maximum absolute atomic E-state index is 13.1. The fraction of sp³-hybridized carbons (Fsp3) is 0.485. The van der Waals surface area contributed by atoms with E-state index in [1.807, 2.05) is 20.0 Å². The highest BCUT2D eigenvalue weighted by molar-refractivity contribution is 6.32. The van der Waals surface area contributed by atoms with Crippen LogP contribution in [0.2, 0.25) is 5.02 Å². The number of nitrogens with one attached hydrogen (secondary N) is 2. The number of carbonyl (C=O) groups is 2. The van der Waals surface area contributed by atoms with Crippen LogP contribution in [-0.2, 0) is 9.59 Å². The number of likely N-dealkylation sites (tertiary alicyclic amines) is 1. The molecule has 11 heteroatoms. The van der Waals surface area contributed by atoms with E-state index in [-0.39, 0.29) is 52.0 Å². The highest BCUT2D eigenvalue weighted by Crippen LogP contribution is 2.45. The van der Waals surface area contributed by atoms with Crippen LogP contribution in [-0.4, -0.2) is 63.2 Å². The molecule has 2 aliphatic heterocycles. The molecule has 1 unspecified atom stereocenters. The Morgan fingerprint density at radius 3 is 2.64 bits per heavy atom. The molecule has 2 aromatic rings. The van der Waals surface area contributed by atoms with Crippen molar-refractivity contribution < 1.29 is 29.4 Å². The van der Waals surface area contributed by atoms with Gasteiger partial charge < -0.3 is 35.4 Å². The van der Waals surface area contributed by atoms with Gasteiger partial charge in [-0.1, -0.05) is 48.7 Å². The van der Waals surface area contributed by atoms with Crippen LogP contribution in [0.3, 0.4) is 0 Å². The molecule has 0 radical (unpaired) electrons. The minimum absolute atomic E-state index is 0.0281. The van der Waals surface area contributed by atoms with Crippen LogP contribution in [0.4, 0.5) is 0 Å². The Morgan fingerprint density at radius 1 is 1.14 bits per heavy atom. The maximum Gasteiger partial charge on any atom is 0.226 e. The van der Waals surface area contributed by atoms with Gasteiger partial charge in [0.2, 0.25) is 5.91 Å². The number of hydrogen-bond donors (Lipinski definition) is 5. The molecule has 10 nitrogen and oxygen atoms in total. The van der Waals surface area contributed by atoms with Gasteiger partial charge >= 0.3 is 0 Å². The van der Waals surface area contributed by atoms with E-state index >= 15 is 0 Å². The van der Waals surface area contributed by atoms with E-state index in [9.17, 15) is 24.9 Å². The van der Waals surface area contributed by atoms with Crippen LogP contribution in [0.5, 0.6) is 11.5 Å². The van der Waals surface area contributed by atoms with Crippen molar-refractivity contribution in [2.24, 2.45) is 5.92 Å². The SMILES string of the molecule is CCC(=O)CCCCC[C@H](NC(=O)C1CN(C)C1)C1=CCC(c2noc(-c3cc(Cl)c(O)cc3O)c2C2=CC=C(O)CC2)N1. The summed E-state index contributed by atoms with van der Waals surface area (Å²) in [7, 11) is 2.00. The summed E-state index contributed by atoms with van der Waals surface area (Å²) in [5.74, 6) is 0.440. The van der Waals surface area contributed by atoms with Gasteiger partial charge in [-0.25, -0.2) is 0 Å². The second-order valence-corrected chi connectivity index (χ2v) is 12.4. The molecular formula is C33H41ClN4O6. The van der Waals surface area contributed by atoms with E-state index in [1.165, 1.54) is 12.1 Å². The highest BCUT2D eigenvalue weighted by atomic mass is 35.5. The molecule has 0 bridgehead atoms. The Kier molecular flexibility index (Phi) is 10.0. The number of aromatic hydroxyl groups is 2. The third-order valence-corrected chi connectivity index (χ3v) is 8.99. The van der Waals surface area contributed by atoms with Gasteiger partial charge in [-0.2, -0.15) is 0 Å². The predicted octanol–water partition coefficient (Wildman–Crippen LogP) is 5.92. The molecule has 1 fully saturated rings. The van der Waals surface area contributed by atoms with Crippen LogP contribution < -0.4 is 10.6 Å². The smallest absolute Gasteiger partial charge is 0.226 e. The lowest BCUT2D eigenvalue weighted by atomic mass is 9.90. The summed E-state index contributed by atoms with van der Waals surface area (Å²) in [5, 5.41) is 42.1. The molecule has 0 saturated carbocycles. The number of ketones is 1. The van der Waals surface area contributed by atoms with Crippen molar-refractivity contribution in [1.29, 1.82) is 0 Å². The Labute approximate surface area is 262 Å². The number of aliphatic hydroxyl groups is 1. The van der Waals surface area contributed by atoms with Crippen LogP contribution in [0, 0.1) is 5.92 Å². The van der Waals surface area contributed by atoms with E-state index < -0.39 is 0 Å². The summed E-state index contributed by atoms with van der Waals surface area (Å²) in [6, 6.07) is 2.15. The predicted molar refractivity (Wildman–Crippen MR) is 168 cm³/mol. The first-order valence-corrected chi connectivity index (χ1v) is 15.8. The number of nitrogens with zero attached hydrogens (tertiary/aromatic N) is 2. The average Bonchev–Trinajstić information content (AvgIpc) is 3.64. The quantitative estimate of drug-likeness (QED) is 0.171. The number of unbranched alkanes of at least 4 members (excludes halogenated alkanes) is 2. The normalized spacial score (nSPS) is 19.4. The number of carbonyl (C=O) groups excluding carboxylic acids is 2. The molecule has 44 heavy (non-hydrogen) atoms. The first-order chi connectivity index (χ1) is 21.1. The largest absolute Gasteiger partial charge is 0.512 e. The fourth-order valence-electron chi connectivity index (χ4n) is 6.07. The zero-order valence-electron chi connectivity index (χ0n) is 25.2. The second kappa shape index (κ2) is 13.9. The van der Waals surface area contributed by atoms with Gasteiger partial charge in [-0.3, -0.25) is 9.59 Å². The molecule has 1 aromatic heterocycles. The lowest BCUT2D eigenvalue weighted by molar-refractivity contribution is -0.130. The number of rotatable bonds is 13. The number of hydrogen-bond acceptors (Lipinski definition) is 9. The molecule has 5 rings (SSSR count). The number of halogens is 1. The molecular weight excluding hydrogens is 584 g/mol. The Balaban J connectivity index is 1.37. The number of phenolic OH excluding ortho intramolecular Hbond substituents is 2. The van der Waals surface area contributed by atoms with Crippen molar-refractivity contribution in [3.05, 3.63) is 58.1 Å². The molecule has 236 valence electrons. The van der Waals surface area contributed by atoms with Crippen molar-refractivity contribution >= 4 is 28.9 Å². The van der Waals surface area contributed by atoms with Crippen molar-refractivity contribution in [3.63, 3.8) is 0 Å². The van der Waals surface area contributed by atoms with Gasteiger partial charge in [0.05, 0.1) is 39.9 Å². The lowest BCUT2D eigenvalue weighted by Gasteiger charge is -2.36. The van der Waals surface area contributed by atoms with E-state index in [1.54, 1.807) is 6.08 Å². The summed E-state index contributed by atoms with van der Waals surface area (Å²) in [4.78, 5) is 26.9. The molecule has 1 aliphatic carbocycles. The summed E-state index contributed by atoms with van der Waals surface area (Å²) in [5.41, 5.74) is 3.43. The zero-order chi connectivity index (χ0) is 31.4. The molecule has 1 saturated heterocycles. The topological polar surface area (TPSA) is 148 Å². The van der Waals surface area contributed by atoms with Crippen LogP contribution >= 0.6 is 11.6 Å². The van der Waals surface area contributed by atoms with Crippen LogP contribution in [0.1, 0.15) is 82.0 Å². The monoisotopic (exact) mass is 624 g/mol. The average molecular weight is 625 g/mol. The fourth-order valence-corrected chi connectivity index (χ4v) is 6.24. The standard InChI is InChI=1S/C33H41ClN4O6/c1-3-21(39)7-5-4-6-8-25(36-33(43)20-17-38(2)18-20)26-13-14-27(35-26)31-30(19-9-11-22(40)12-10-19)32(44-37-31)23-15-24(34)29(42)16-28(23)41/h9,11,13,15-16,20,25,27,35,40-42H,3-8,10,12,14,17-18H2,1-2H3,(H,36,43)/t25-,27?/m0/s1. The Bertz CT molecular complexity index is 1490. The van der Waals surface area contributed by atoms with Crippen molar-refractivity contribution in [1.82, 2.24) is 20.7 Å².